The summed E-state index contributed by atoms with van der Waals surface area (Å²) in [6.07, 6.45) is 2.28. The van der Waals surface area contributed by atoms with E-state index in [1.54, 1.807) is 12.1 Å². The lowest BCUT2D eigenvalue weighted by Gasteiger charge is -2.22. The van der Waals surface area contributed by atoms with Crippen molar-refractivity contribution in [2.45, 2.75) is 46.2 Å². The Balaban J connectivity index is 2.57. The minimum absolute atomic E-state index is 0.196. The highest BCUT2D eigenvalue weighted by Crippen LogP contribution is 2.17. The molecular formula is C14H21ClFN. The molecule has 1 aromatic carbocycles. The fourth-order valence-corrected chi connectivity index (χ4v) is 2.31. The van der Waals surface area contributed by atoms with Crippen LogP contribution in [0.3, 0.4) is 0 Å². The molecule has 0 bridgehead atoms. The molecular weight excluding hydrogens is 237 g/mol. The van der Waals surface area contributed by atoms with Crippen molar-refractivity contribution in [3.8, 4) is 0 Å². The zero-order valence-corrected chi connectivity index (χ0v) is 11.5. The summed E-state index contributed by atoms with van der Waals surface area (Å²) in [7, 11) is 0. The van der Waals surface area contributed by atoms with Crippen LogP contribution >= 0.6 is 11.6 Å². The lowest BCUT2D eigenvalue weighted by molar-refractivity contribution is 0.351. The van der Waals surface area contributed by atoms with Crippen LogP contribution in [-0.4, -0.2) is 6.04 Å². The maximum Gasteiger partial charge on any atom is 0.127 e. The Morgan fingerprint density at radius 2 is 1.94 bits per heavy atom. The van der Waals surface area contributed by atoms with Gasteiger partial charge in [0.1, 0.15) is 5.82 Å². The molecule has 1 atom stereocenters. The van der Waals surface area contributed by atoms with E-state index in [9.17, 15) is 4.39 Å². The Hall–Kier alpha value is -0.600. The number of rotatable bonds is 6. The quantitative estimate of drug-likeness (QED) is 0.797. The summed E-state index contributed by atoms with van der Waals surface area (Å²) in [6, 6.07) is 5.07. The van der Waals surface area contributed by atoms with Crippen LogP contribution in [0.1, 0.15) is 39.2 Å². The summed E-state index contributed by atoms with van der Waals surface area (Å²) < 4.78 is 13.5. The third-order valence-corrected chi connectivity index (χ3v) is 3.61. The van der Waals surface area contributed by atoms with Crippen LogP contribution in [0.25, 0.3) is 0 Å². The fraction of sp³-hybridized carbons (Fsp3) is 0.571. The summed E-state index contributed by atoms with van der Waals surface area (Å²) in [4.78, 5) is 0. The monoisotopic (exact) mass is 257 g/mol. The predicted molar refractivity (Wildman–Crippen MR) is 71.8 cm³/mol. The van der Waals surface area contributed by atoms with Crippen LogP contribution < -0.4 is 5.32 Å². The molecule has 0 aliphatic heterocycles. The van der Waals surface area contributed by atoms with Gasteiger partial charge in [-0.25, -0.2) is 4.39 Å². The van der Waals surface area contributed by atoms with E-state index in [2.05, 4.69) is 26.1 Å². The first kappa shape index (κ1) is 14.5. The van der Waals surface area contributed by atoms with Crippen molar-refractivity contribution in [1.82, 2.24) is 5.32 Å². The van der Waals surface area contributed by atoms with E-state index >= 15 is 0 Å². The molecule has 17 heavy (non-hydrogen) atoms. The van der Waals surface area contributed by atoms with E-state index in [-0.39, 0.29) is 5.82 Å². The first-order valence-corrected chi connectivity index (χ1v) is 6.63. The van der Waals surface area contributed by atoms with Gasteiger partial charge in [-0.1, -0.05) is 38.3 Å². The van der Waals surface area contributed by atoms with Gasteiger partial charge in [-0.15, -0.1) is 0 Å². The molecule has 1 N–H and O–H groups in total. The van der Waals surface area contributed by atoms with Gasteiger partial charge < -0.3 is 5.32 Å². The van der Waals surface area contributed by atoms with Gasteiger partial charge in [-0.2, -0.15) is 0 Å². The van der Waals surface area contributed by atoms with E-state index in [4.69, 9.17) is 11.6 Å². The van der Waals surface area contributed by atoms with Gasteiger partial charge in [0.25, 0.3) is 0 Å². The van der Waals surface area contributed by atoms with Crippen LogP contribution in [0.15, 0.2) is 18.2 Å². The molecule has 1 unspecified atom stereocenters. The van der Waals surface area contributed by atoms with Crippen molar-refractivity contribution >= 4 is 11.6 Å². The fourth-order valence-electron chi connectivity index (χ4n) is 2.11. The second-order valence-electron chi connectivity index (χ2n) is 4.48. The van der Waals surface area contributed by atoms with Crippen LogP contribution in [0, 0.1) is 11.7 Å². The maximum absolute atomic E-state index is 13.5. The Morgan fingerprint density at radius 1 is 1.29 bits per heavy atom. The van der Waals surface area contributed by atoms with Gasteiger partial charge in [-0.3, -0.25) is 0 Å². The standard InChI is InChI=1S/C14H21ClFN/c1-4-11(5-2)10(3)17-9-12-8-13(15)6-7-14(12)16/h6-8,10-11,17H,4-5,9H2,1-3H3. The molecule has 1 nitrogen and oxygen atoms in total. The van der Waals surface area contributed by atoms with Crippen molar-refractivity contribution in [1.29, 1.82) is 0 Å². The van der Waals surface area contributed by atoms with Crippen molar-refractivity contribution in [2.75, 3.05) is 0 Å². The Morgan fingerprint density at radius 3 is 2.53 bits per heavy atom. The molecule has 1 aromatic rings. The Labute approximate surface area is 108 Å². The van der Waals surface area contributed by atoms with Gasteiger partial charge in [0.2, 0.25) is 0 Å². The zero-order valence-electron chi connectivity index (χ0n) is 10.8. The maximum atomic E-state index is 13.5. The van der Waals surface area contributed by atoms with Crippen molar-refractivity contribution in [3.63, 3.8) is 0 Å². The molecule has 0 heterocycles. The molecule has 0 saturated heterocycles. The zero-order chi connectivity index (χ0) is 12.8. The second-order valence-corrected chi connectivity index (χ2v) is 4.92. The molecule has 0 saturated carbocycles. The lowest BCUT2D eigenvalue weighted by Crippen LogP contribution is -2.32. The summed E-state index contributed by atoms with van der Waals surface area (Å²) in [5.41, 5.74) is 0.635. The highest BCUT2D eigenvalue weighted by Gasteiger charge is 2.13. The van der Waals surface area contributed by atoms with Gasteiger partial charge in [0.15, 0.2) is 0 Å². The molecule has 0 aliphatic carbocycles. The average molecular weight is 258 g/mol. The molecule has 3 heteroatoms. The highest BCUT2D eigenvalue weighted by atomic mass is 35.5. The molecule has 1 rings (SSSR count). The number of halogens is 2. The average Bonchev–Trinajstić information content (AvgIpc) is 2.32. The van der Waals surface area contributed by atoms with Gasteiger partial charge >= 0.3 is 0 Å². The molecule has 96 valence electrons. The highest BCUT2D eigenvalue weighted by molar-refractivity contribution is 6.30. The SMILES string of the molecule is CCC(CC)C(C)NCc1cc(Cl)ccc1F. The second kappa shape index (κ2) is 6.97. The molecule has 0 amide bonds. The van der Waals surface area contributed by atoms with Crippen LogP contribution in [0.5, 0.6) is 0 Å². The summed E-state index contributed by atoms with van der Waals surface area (Å²) in [6.45, 7) is 7.06. The summed E-state index contributed by atoms with van der Waals surface area (Å²) in [5, 5.41) is 3.95. The number of benzene rings is 1. The summed E-state index contributed by atoms with van der Waals surface area (Å²) in [5.74, 6) is 0.441. The summed E-state index contributed by atoms with van der Waals surface area (Å²) >= 11 is 5.85. The van der Waals surface area contributed by atoms with Crippen molar-refractivity contribution < 1.29 is 4.39 Å². The van der Waals surface area contributed by atoms with Gasteiger partial charge in [0, 0.05) is 23.2 Å². The smallest absolute Gasteiger partial charge is 0.127 e. The molecule has 0 radical (unpaired) electrons. The third-order valence-electron chi connectivity index (χ3n) is 3.38. The number of hydrogen-bond donors (Lipinski definition) is 1. The van der Waals surface area contributed by atoms with Gasteiger partial charge in [0.05, 0.1) is 0 Å². The molecule has 0 aromatic heterocycles. The van der Waals surface area contributed by atoms with Crippen LogP contribution in [0.2, 0.25) is 5.02 Å². The van der Waals surface area contributed by atoms with E-state index < -0.39 is 0 Å². The minimum atomic E-state index is -0.196. The first-order valence-electron chi connectivity index (χ1n) is 6.25. The van der Waals surface area contributed by atoms with E-state index in [1.807, 2.05) is 0 Å². The van der Waals surface area contributed by atoms with Crippen molar-refractivity contribution in [3.05, 3.63) is 34.6 Å². The minimum Gasteiger partial charge on any atom is -0.310 e. The van der Waals surface area contributed by atoms with Crippen LogP contribution in [0.4, 0.5) is 4.39 Å². The molecule has 0 spiro atoms. The molecule has 0 aliphatic rings. The van der Waals surface area contributed by atoms with E-state index in [0.29, 0.717) is 29.1 Å². The largest absolute Gasteiger partial charge is 0.310 e. The predicted octanol–water partition coefficient (Wildman–Crippen LogP) is 4.39. The molecule has 0 fully saturated rings. The van der Waals surface area contributed by atoms with Gasteiger partial charge in [-0.05, 0) is 31.0 Å². The van der Waals surface area contributed by atoms with Crippen molar-refractivity contribution in [2.24, 2.45) is 5.92 Å². The Kier molecular flexibility index (Phi) is 5.93. The normalized spacial score (nSPS) is 13.1. The first-order chi connectivity index (χ1) is 8.08. The number of nitrogens with one attached hydrogen (secondary N) is 1. The topological polar surface area (TPSA) is 12.0 Å². The van der Waals surface area contributed by atoms with E-state index in [1.165, 1.54) is 6.07 Å². The lowest BCUT2D eigenvalue weighted by atomic mass is 9.95. The van der Waals surface area contributed by atoms with Crippen LogP contribution in [-0.2, 0) is 6.54 Å². The third kappa shape index (κ3) is 4.29. The number of hydrogen-bond acceptors (Lipinski definition) is 1. The van der Waals surface area contributed by atoms with E-state index in [0.717, 1.165) is 12.8 Å². The Bertz CT molecular complexity index is 350.